The molecule has 4 aromatic rings. The summed E-state index contributed by atoms with van der Waals surface area (Å²) in [6, 6.07) is 17.9. The average molecular weight is 534 g/mol. The standard InChI is InChI=1S/C27H31N7OS.CH4O/c1-32(17-13-21-6-2-3-14-28-21)36(35)23-11-9-22(10-12-23)29-27-19-25(33-15-4-5-16-33)30-26-18-24(20-7-8-20)31-34(26)27;1-2/h2-3,6,9-12,14,18-20,29H,4-5,7-8,13,15-17H2,1H3;2H,1H3. The number of hydrogen-bond donors (Lipinski definition) is 2. The van der Waals surface area contributed by atoms with Crippen LogP contribution in [0.4, 0.5) is 17.3 Å². The van der Waals surface area contributed by atoms with Crippen molar-refractivity contribution in [2.75, 3.05) is 44.0 Å². The van der Waals surface area contributed by atoms with Crippen LogP contribution in [0.5, 0.6) is 0 Å². The summed E-state index contributed by atoms with van der Waals surface area (Å²) in [5.74, 6) is 2.46. The minimum atomic E-state index is -1.24. The van der Waals surface area contributed by atoms with Gasteiger partial charge in [-0.1, -0.05) is 6.07 Å². The lowest BCUT2D eigenvalue weighted by atomic mass is 10.3. The SMILES string of the molecule is CN(CCc1ccccn1)S(=O)c1ccc(Nc2cc(N3CCCC3)nc3cc(C4CC4)nn23)cc1.CO. The second-order valence-electron chi connectivity index (χ2n) is 9.63. The average Bonchev–Trinajstić information content (AvgIpc) is 3.48. The van der Waals surface area contributed by atoms with Gasteiger partial charge in [0.25, 0.3) is 0 Å². The van der Waals surface area contributed by atoms with Crippen molar-refractivity contribution >= 4 is 34.0 Å². The Morgan fingerprint density at radius 3 is 2.53 bits per heavy atom. The monoisotopic (exact) mass is 533 g/mol. The number of nitrogens with one attached hydrogen (secondary N) is 1. The summed E-state index contributed by atoms with van der Waals surface area (Å²) in [5, 5.41) is 15.4. The number of aromatic nitrogens is 4. The minimum Gasteiger partial charge on any atom is -0.400 e. The lowest BCUT2D eigenvalue weighted by Crippen LogP contribution is -2.24. The number of aliphatic hydroxyl groups is 1. The van der Waals surface area contributed by atoms with E-state index in [0.717, 1.165) is 65.9 Å². The van der Waals surface area contributed by atoms with Crippen molar-refractivity contribution in [1.82, 2.24) is 23.9 Å². The molecular weight excluding hydrogens is 498 g/mol. The fourth-order valence-electron chi connectivity index (χ4n) is 4.64. The van der Waals surface area contributed by atoms with Crippen LogP contribution in [-0.4, -0.2) is 67.0 Å². The van der Waals surface area contributed by atoms with Crippen LogP contribution in [0.25, 0.3) is 5.65 Å². The zero-order chi connectivity index (χ0) is 26.5. The Morgan fingerprint density at radius 2 is 1.84 bits per heavy atom. The van der Waals surface area contributed by atoms with Crippen molar-refractivity contribution < 1.29 is 9.32 Å². The van der Waals surface area contributed by atoms with Crippen molar-refractivity contribution in [3.05, 3.63) is 72.2 Å². The first-order valence-corrected chi connectivity index (χ1v) is 14.3. The van der Waals surface area contributed by atoms with Crippen LogP contribution in [-0.2, 0) is 17.4 Å². The quantitative estimate of drug-likeness (QED) is 0.333. The number of aliphatic hydroxyl groups excluding tert-OH is 1. The number of hydrogen-bond acceptors (Lipinski definition) is 7. The molecule has 2 N–H and O–H groups in total. The molecule has 38 heavy (non-hydrogen) atoms. The van der Waals surface area contributed by atoms with Crippen molar-refractivity contribution in [3.63, 3.8) is 0 Å². The highest BCUT2D eigenvalue weighted by Crippen LogP contribution is 2.40. The molecule has 2 fully saturated rings. The number of anilines is 3. The molecule has 6 rings (SSSR count). The Morgan fingerprint density at radius 1 is 1.08 bits per heavy atom. The Bertz CT molecular complexity index is 1370. The van der Waals surface area contributed by atoms with Crippen LogP contribution in [0.2, 0.25) is 0 Å². The number of likely N-dealkylation sites (N-methyl/N-ethyl adjacent to an activating group) is 1. The number of pyridine rings is 1. The molecule has 200 valence electrons. The largest absolute Gasteiger partial charge is 0.400 e. The molecule has 0 spiro atoms. The minimum absolute atomic E-state index is 0.568. The van der Waals surface area contributed by atoms with E-state index in [-0.39, 0.29) is 0 Å². The molecule has 1 atom stereocenters. The number of fused-ring (bicyclic) bond motifs is 1. The number of rotatable bonds is 9. The van der Waals surface area contributed by atoms with Crippen molar-refractivity contribution in [2.24, 2.45) is 0 Å². The Kier molecular flexibility index (Phi) is 8.31. The smallest absolute Gasteiger partial charge is 0.160 e. The summed E-state index contributed by atoms with van der Waals surface area (Å²) in [5.41, 5.74) is 3.94. The maximum absolute atomic E-state index is 13.0. The molecule has 1 unspecified atom stereocenters. The van der Waals surface area contributed by atoms with Crippen LogP contribution >= 0.6 is 0 Å². The van der Waals surface area contributed by atoms with E-state index in [4.69, 9.17) is 15.2 Å². The number of benzene rings is 1. The molecule has 1 aliphatic heterocycles. The van der Waals surface area contributed by atoms with Gasteiger partial charge in [-0.3, -0.25) is 4.98 Å². The summed E-state index contributed by atoms with van der Waals surface area (Å²) in [6.45, 7) is 2.75. The third-order valence-electron chi connectivity index (χ3n) is 6.88. The van der Waals surface area contributed by atoms with Gasteiger partial charge in [0.15, 0.2) is 5.65 Å². The summed E-state index contributed by atoms with van der Waals surface area (Å²) < 4.78 is 16.8. The first-order chi connectivity index (χ1) is 18.6. The second kappa shape index (κ2) is 12.0. The van der Waals surface area contributed by atoms with Crippen molar-refractivity contribution in [1.29, 1.82) is 0 Å². The molecule has 0 amide bonds. The topological polar surface area (TPSA) is 98.9 Å². The van der Waals surface area contributed by atoms with Crippen molar-refractivity contribution in [2.45, 2.75) is 42.9 Å². The molecule has 9 nitrogen and oxygen atoms in total. The zero-order valence-electron chi connectivity index (χ0n) is 22.0. The van der Waals surface area contributed by atoms with E-state index < -0.39 is 11.0 Å². The highest BCUT2D eigenvalue weighted by molar-refractivity contribution is 7.82. The van der Waals surface area contributed by atoms with Gasteiger partial charge in [0.2, 0.25) is 0 Å². The second-order valence-corrected chi connectivity index (χ2v) is 11.2. The molecular formula is C28H35N7O2S. The Balaban J connectivity index is 0.00000144. The van der Waals surface area contributed by atoms with Gasteiger partial charge in [-0.25, -0.2) is 13.5 Å². The van der Waals surface area contributed by atoms with E-state index in [1.807, 2.05) is 58.3 Å². The molecule has 1 saturated heterocycles. The molecule has 4 heterocycles. The van der Waals surface area contributed by atoms with Gasteiger partial charge in [0, 0.05) is 75.8 Å². The van der Waals surface area contributed by atoms with E-state index in [9.17, 15) is 4.21 Å². The van der Waals surface area contributed by atoms with E-state index in [1.54, 1.807) is 6.20 Å². The molecule has 1 aliphatic carbocycles. The molecule has 3 aromatic heterocycles. The summed E-state index contributed by atoms with van der Waals surface area (Å²) in [7, 11) is 1.65. The summed E-state index contributed by atoms with van der Waals surface area (Å²) in [4.78, 5) is 12.4. The normalized spacial score (nSPS) is 15.9. The third kappa shape index (κ3) is 6.03. The van der Waals surface area contributed by atoms with Gasteiger partial charge in [0.1, 0.15) is 22.6 Å². The predicted octanol–water partition coefficient (Wildman–Crippen LogP) is 4.15. The zero-order valence-corrected chi connectivity index (χ0v) is 22.8. The van der Waals surface area contributed by atoms with E-state index >= 15 is 0 Å². The first kappa shape index (κ1) is 26.3. The van der Waals surface area contributed by atoms with Crippen LogP contribution in [0.15, 0.2) is 65.7 Å². The van der Waals surface area contributed by atoms with Crippen LogP contribution in [0.1, 0.15) is 43.0 Å². The first-order valence-electron chi connectivity index (χ1n) is 13.1. The predicted molar refractivity (Wildman–Crippen MR) is 151 cm³/mol. The fourth-order valence-corrected chi connectivity index (χ4v) is 5.62. The molecule has 1 saturated carbocycles. The third-order valence-corrected chi connectivity index (χ3v) is 8.30. The van der Waals surface area contributed by atoms with Gasteiger partial charge < -0.3 is 15.3 Å². The van der Waals surface area contributed by atoms with Gasteiger partial charge in [0.05, 0.1) is 10.6 Å². The summed E-state index contributed by atoms with van der Waals surface area (Å²) >= 11 is 0. The van der Waals surface area contributed by atoms with E-state index in [0.29, 0.717) is 12.5 Å². The van der Waals surface area contributed by atoms with Gasteiger partial charge in [-0.2, -0.15) is 9.61 Å². The lowest BCUT2D eigenvalue weighted by Gasteiger charge is -2.18. The fraction of sp³-hybridized carbons (Fsp3) is 0.393. The van der Waals surface area contributed by atoms with E-state index in [1.165, 1.54) is 25.7 Å². The summed E-state index contributed by atoms with van der Waals surface area (Å²) in [6.07, 6.45) is 7.38. The van der Waals surface area contributed by atoms with Crippen LogP contribution in [0.3, 0.4) is 0 Å². The van der Waals surface area contributed by atoms with Crippen LogP contribution < -0.4 is 10.2 Å². The highest BCUT2D eigenvalue weighted by Gasteiger charge is 2.27. The molecule has 0 radical (unpaired) electrons. The molecule has 1 aromatic carbocycles. The van der Waals surface area contributed by atoms with Gasteiger partial charge >= 0.3 is 0 Å². The van der Waals surface area contributed by atoms with Crippen LogP contribution in [0, 0.1) is 0 Å². The molecule has 10 heteroatoms. The highest BCUT2D eigenvalue weighted by atomic mass is 32.2. The van der Waals surface area contributed by atoms with Crippen molar-refractivity contribution in [3.8, 4) is 0 Å². The van der Waals surface area contributed by atoms with Gasteiger partial charge in [-0.15, -0.1) is 0 Å². The maximum atomic E-state index is 13.0. The van der Waals surface area contributed by atoms with E-state index in [2.05, 4.69) is 27.3 Å². The Hall–Kier alpha value is -3.34. The molecule has 0 bridgehead atoms. The molecule has 2 aliphatic rings. The lowest BCUT2D eigenvalue weighted by molar-refractivity contribution is 0.399. The van der Waals surface area contributed by atoms with Gasteiger partial charge in [-0.05, 0) is 62.1 Å². The number of nitrogens with zero attached hydrogens (tertiary/aromatic N) is 6. The Labute approximate surface area is 226 Å². The maximum Gasteiger partial charge on any atom is 0.160 e.